The molecular weight excluding hydrogens is 729 g/mol. The predicted octanol–water partition coefficient (Wildman–Crippen LogP) is 16.8. The lowest BCUT2D eigenvalue weighted by Gasteiger charge is -2.12. The Morgan fingerprint density at radius 1 is 0.350 bits per heavy atom. The van der Waals surface area contributed by atoms with Crippen molar-refractivity contribution in [3.8, 4) is 47.4 Å². The molecule has 0 unspecified atom stereocenters. The molecule has 60 heavy (non-hydrogen) atoms. The SMILES string of the molecule is CCCCCCCCCCCCCC#CC#CCCCCOCc1cccc2cc3c(COCCCCC#CC#CCCCCCCCCCCCCC)cccc3cc12. The van der Waals surface area contributed by atoms with Crippen LogP contribution in [-0.4, -0.2) is 13.2 Å². The molecule has 326 valence electrons. The van der Waals surface area contributed by atoms with E-state index in [1.54, 1.807) is 0 Å². The summed E-state index contributed by atoms with van der Waals surface area (Å²) in [5.41, 5.74) is 2.48. The third-order valence-corrected chi connectivity index (χ3v) is 11.5. The highest BCUT2D eigenvalue weighted by molar-refractivity contribution is 6.00. The molecule has 3 rings (SSSR count). The van der Waals surface area contributed by atoms with Crippen LogP contribution in [0, 0.1) is 47.4 Å². The Bertz CT molecular complexity index is 1650. The van der Waals surface area contributed by atoms with Crippen LogP contribution in [0.15, 0.2) is 48.5 Å². The predicted molar refractivity (Wildman–Crippen MR) is 262 cm³/mol. The van der Waals surface area contributed by atoms with Crippen LogP contribution in [0.5, 0.6) is 0 Å². The Kier molecular flexibility index (Phi) is 31.4. The quantitative estimate of drug-likeness (QED) is 0.0340. The van der Waals surface area contributed by atoms with Gasteiger partial charge in [0.25, 0.3) is 0 Å². The van der Waals surface area contributed by atoms with Crippen LogP contribution in [0.4, 0.5) is 0 Å². The molecule has 0 N–H and O–H groups in total. The van der Waals surface area contributed by atoms with Gasteiger partial charge in [-0.05, 0) is 107 Å². The summed E-state index contributed by atoms with van der Waals surface area (Å²) in [4.78, 5) is 0. The molecule has 0 aliphatic heterocycles. The van der Waals surface area contributed by atoms with Gasteiger partial charge in [0.05, 0.1) is 13.2 Å². The number of unbranched alkanes of at least 4 members (excludes halogenated alkanes) is 26. The van der Waals surface area contributed by atoms with Gasteiger partial charge in [0.15, 0.2) is 0 Å². The van der Waals surface area contributed by atoms with Crippen molar-refractivity contribution >= 4 is 21.5 Å². The van der Waals surface area contributed by atoms with Crippen LogP contribution in [0.25, 0.3) is 21.5 Å². The minimum absolute atomic E-state index is 0.623. The molecule has 0 bridgehead atoms. The summed E-state index contributed by atoms with van der Waals surface area (Å²) in [5, 5.41) is 5.02. The van der Waals surface area contributed by atoms with E-state index in [1.165, 1.54) is 174 Å². The highest BCUT2D eigenvalue weighted by atomic mass is 16.5. The Morgan fingerprint density at radius 3 is 0.983 bits per heavy atom. The number of benzene rings is 3. The van der Waals surface area contributed by atoms with Gasteiger partial charge in [-0.3, -0.25) is 0 Å². The van der Waals surface area contributed by atoms with E-state index >= 15 is 0 Å². The van der Waals surface area contributed by atoms with Gasteiger partial charge >= 0.3 is 0 Å². The molecule has 0 fully saturated rings. The van der Waals surface area contributed by atoms with E-state index in [2.05, 4.69) is 110 Å². The highest BCUT2D eigenvalue weighted by Gasteiger charge is 2.07. The summed E-state index contributed by atoms with van der Waals surface area (Å²) in [5.74, 6) is 25.2. The number of hydrogen-bond donors (Lipinski definition) is 0. The van der Waals surface area contributed by atoms with Crippen molar-refractivity contribution in [3.63, 3.8) is 0 Å². The second kappa shape index (κ2) is 37.1. The van der Waals surface area contributed by atoms with Crippen molar-refractivity contribution < 1.29 is 9.47 Å². The minimum Gasteiger partial charge on any atom is -0.377 e. The summed E-state index contributed by atoms with van der Waals surface area (Å²) in [6, 6.07) is 17.7. The maximum atomic E-state index is 6.14. The van der Waals surface area contributed by atoms with E-state index in [0.29, 0.717) is 13.2 Å². The lowest BCUT2D eigenvalue weighted by Crippen LogP contribution is -1.98. The summed E-state index contributed by atoms with van der Waals surface area (Å²) in [6.07, 6.45) is 38.0. The first kappa shape index (κ1) is 50.7. The molecule has 0 saturated carbocycles. The fraction of sp³-hybridized carbons (Fsp3) is 0.621. The van der Waals surface area contributed by atoms with E-state index in [1.807, 2.05) is 0 Å². The zero-order chi connectivity index (χ0) is 42.2. The fourth-order valence-corrected chi connectivity index (χ4v) is 7.81. The normalized spacial score (nSPS) is 10.7. The highest BCUT2D eigenvalue weighted by Crippen LogP contribution is 2.29. The Morgan fingerprint density at radius 2 is 0.650 bits per heavy atom. The van der Waals surface area contributed by atoms with Gasteiger partial charge in [-0.25, -0.2) is 0 Å². The monoisotopic (exact) mass is 811 g/mol. The van der Waals surface area contributed by atoms with Gasteiger partial charge in [-0.1, -0.05) is 202 Å². The smallest absolute Gasteiger partial charge is 0.0722 e. The Labute approximate surface area is 369 Å². The average Bonchev–Trinajstić information content (AvgIpc) is 3.27. The van der Waals surface area contributed by atoms with Crippen molar-refractivity contribution in [2.45, 2.75) is 220 Å². The summed E-state index contributed by atoms with van der Waals surface area (Å²) in [6.45, 7) is 7.31. The summed E-state index contributed by atoms with van der Waals surface area (Å²) < 4.78 is 12.3. The molecule has 2 heteroatoms. The zero-order valence-electron chi connectivity index (χ0n) is 38.5. The van der Waals surface area contributed by atoms with Crippen molar-refractivity contribution in [3.05, 3.63) is 59.7 Å². The Hall–Kier alpha value is -3.66. The van der Waals surface area contributed by atoms with Crippen LogP contribution in [0.2, 0.25) is 0 Å². The lowest BCUT2D eigenvalue weighted by molar-refractivity contribution is 0.118. The van der Waals surface area contributed by atoms with Gasteiger partial charge in [0, 0.05) is 38.9 Å². The molecule has 0 aliphatic rings. The molecule has 0 amide bonds. The first-order valence-electron chi connectivity index (χ1n) is 24.8. The molecule has 0 heterocycles. The average molecular weight is 811 g/mol. The molecular formula is C58H82O2. The Balaban J connectivity index is 1.22. The molecule has 3 aromatic carbocycles. The van der Waals surface area contributed by atoms with Crippen LogP contribution in [0.3, 0.4) is 0 Å². The number of fused-ring (bicyclic) bond motifs is 2. The maximum absolute atomic E-state index is 6.14. The standard InChI is InChI=1S/C58H82O2/c1-3-5-7-9-11-13-15-17-19-21-23-25-27-29-31-33-35-37-39-47-59-51-55-45-41-43-53-50-58-54(49-57(53)55)44-42-46-56(58)52-60-48-40-38-36-34-32-30-28-26-24-22-20-18-16-14-12-10-8-6-4-2/h41-46,49-50H,3-26,35-40,47-48,51-52H2,1-2H3. The molecule has 0 spiro atoms. The molecule has 0 aliphatic carbocycles. The second-order valence-corrected chi connectivity index (χ2v) is 16.9. The van der Waals surface area contributed by atoms with Gasteiger partial charge in [0.2, 0.25) is 0 Å². The van der Waals surface area contributed by atoms with Crippen molar-refractivity contribution in [2.24, 2.45) is 0 Å². The summed E-state index contributed by atoms with van der Waals surface area (Å²) >= 11 is 0. The third-order valence-electron chi connectivity index (χ3n) is 11.5. The van der Waals surface area contributed by atoms with E-state index in [0.717, 1.165) is 64.6 Å². The largest absolute Gasteiger partial charge is 0.377 e. The first-order chi connectivity index (χ1) is 29.8. The number of hydrogen-bond acceptors (Lipinski definition) is 2. The first-order valence-corrected chi connectivity index (χ1v) is 24.8. The van der Waals surface area contributed by atoms with Gasteiger partial charge < -0.3 is 9.47 Å². The molecule has 0 aromatic heterocycles. The molecule has 3 aromatic rings. The zero-order valence-corrected chi connectivity index (χ0v) is 38.5. The molecule has 0 atom stereocenters. The van der Waals surface area contributed by atoms with Crippen LogP contribution < -0.4 is 0 Å². The fourth-order valence-electron chi connectivity index (χ4n) is 7.81. The van der Waals surface area contributed by atoms with E-state index in [-0.39, 0.29) is 0 Å². The minimum atomic E-state index is 0.623. The van der Waals surface area contributed by atoms with E-state index in [4.69, 9.17) is 9.47 Å². The second-order valence-electron chi connectivity index (χ2n) is 16.9. The number of rotatable bonds is 34. The van der Waals surface area contributed by atoms with Crippen molar-refractivity contribution in [2.75, 3.05) is 13.2 Å². The van der Waals surface area contributed by atoms with Crippen molar-refractivity contribution in [1.29, 1.82) is 0 Å². The van der Waals surface area contributed by atoms with Gasteiger partial charge in [0.1, 0.15) is 0 Å². The lowest BCUT2D eigenvalue weighted by atomic mass is 9.97. The van der Waals surface area contributed by atoms with Crippen LogP contribution >= 0.6 is 0 Å². The van der Waals surface area contributed by atoms with Crippen molar-refractivity contribution in [1.82, 2.24) is 0 Å². The molecule has 0 radical (unpaired) electrons. The number of ether oxygens (including phenoxy) is 2. The topological polar surface area (TPSA) is 18.5 Å². The van der Waals surface area contributed by atoms with Crippen LogP contribution in [-0.2, 0) is 22.7 Å². The van der Waals surface area contributed by atoms with Crippen LogP contribution in [0.1, 0.15) is 218 Å². The maximum Gasteiger partial charge on any atom is 0.0722 e. The van der Waals surface area contributed by atoms with E-state index in [9.17, 15) is 0 Å². The molecule has 2 nitrogen and oxygen atoms in total. The van der Waals surface area contributed by atoms with E-state index < -0.39 is 0 Å². The van der Waals surface area contributed by atoms with Gasteiger partial charge in [-0.2, -0.15) is 0 Å². The third kappa shape index (κ3) is 25.2. The molecule has 0 saturated heterocycles. The van der Waals surface area contributed by atoms with Gasteiger partial charge in [-0.15, -0.1) is 0 Å². The summed E-state index contributed by atoms with van der Waals surface area (Å²) in [7, 11) is 0.